The number of halogens is 1. The summed E-state index contributed by atoms with van der Waals surface area (Å²) in [4.78, 5) is 4.29. The fourth-order valence-corrected chi connectivity index (χ4v) is 2.22. The SMILES string of the molecule is Cc1ncn(-c2cccc(F)c2CNC2CC2)c1C. The highest BCUT2D eigenvalue weighted by Crippen LogP contribution is 2.24. The Bertz CT molecular complexity index is 599. The minimum atomic E-state index is -0.156. The molecule has 3 nitrogen and oxygen atoms in total. The summed E-state index contributed by atoms with van der Waals surface area (Å²) in [5.41, 5.74) is 3.63. The van der Waals surface area contributed by atoms with Gasteiger partial charge in [0.15, 0.2) is 0 Å². The van der Waals surface area contributed by atoms with Crippen LogP contribution in [0.3, 0.4) is 0 Å². The molecular formula is C15H18FN3. The van der Waals surface area contributed by atoms with E-state index in [0.717, 1.165) is 22.6 Å². The molecule has 100 valence electrons. The first-order valence-corrected chi connectivity index (χ1v) is 6.68. The van der Waals surface area contributed by atoms with Crippen LogP contribution in [0.1, 0.15) is 29.8 Å². The molecule has 1 aromatic heterocycles. The van der Waals surface area contributed by atoms with Gasteiger partial charge >= 0.3 is 0 Å². The predicted octanol–water partition coefficient (Wildman–Crippen LogP) is 2.88. The number of aryl methyl sites for hydroxylation is 1. The highest BCUT2D eigenvalue weighted by atomic mass is 19.1. The van der Waals surface area contributed by atoms with Crippen molar-refractivity contribution < 1.29 is 4.39 Å². The molecule has 1 N–H and O–H groups in total. The molecule has 19 heavy (non-hydrogen) atoms. The van der Waals surface area contributed by atoms with E-state index in [1.54, 1.807) is 12.4 Å². The second kappa shape index (κ2) is 4.78. The molecule has 0 aliphatic heterocycles. The zero-order valence-electron chi connectivity index (χ0n) is 11.3. The summed E-state index contributed by atoms with van der Waals surface area (Å²) < 4.78 is 16.0. The van der Waals surface area contributed by atoms with E-state index >= 15 is 0 Å². The Hall–Kier alpha value is -1.68. The van der Waals surface area contributed by atoms with Gasteiger partial charge in [-0.1, -0.05) is 6.07 Å². The predicted molar refractivity (Wildman–Crippen MR) is 72.9 cm³/mol. The maximum absolute atomic E-state index is 14.1. The van der Waals surface area contributed by atoms with E-state index in [2.05, 4.69) is 10.3 Å². The van der Waals surface area contributed by atoms with Gasteiger partial charge < -0.3 is 9.88 Å². The zero-order valence-corrected chi connectivity index (χ0v) is 11.3. The fraction of sp³-hybridized carbons (Fsp3) is 0.400. The third-order valence-corrected chi connectivity index (χ3v) is 3.75. The Morgan fingerprint density at radius 3 is 2.79 bits per heavy atom. The Labute approximate surface area is 112 Å². The average Bonchev–Trinajstić information content (AvgIpc) is 3.16. The third-order valence-electron chi connectivity index (χ3n) is 3.75. The minimum Gasteiger partial charge on any atom is -0.310 e. The average molecular weight is 259 g/mol. The number of hydrogen-bond acceptors (Lipinski definition) is 2. The van der Waals surface area contributed by atoms with Crippen LogP contribution in [0, 0.1) is 19.7 Å². The van der Waals surface area contributed by atoms with Crippen molar-refractivity contribution in [1.29, 1.82) is 0 Å². The second-order valence-electron chi connectivity index (χ2n) is 5.18. The first-order valence-electron chi connectivity index (χ1n) is 6.68. The summed E-state index contributed by atoms with van der Waals surface area (Å²) >= 11 is 0. The van der Waals surface area contributed by atoms with Crippen LogP contribution in [-0.2, 0) is 6.54 Å². The molecule has 1 saturated carbocycles. The number of imidazole rings is 1. The summed E-state index contributed by atoms with van der Waals surface area (Å²) in [6, 6.07) is 5.78. The lowest BCUT2D eigenvalue weighted by Gasteiger charge is -2.13. The quantitative estimate of drug-likeness (QED) is 0.915. The Morgan fingerprint density at radius 1 is 1.37 bits per heavy atom. The van der Waals surface area contributed by atoms with Crippen LogP contribution in [0.5, 0.6) is 0 Å². The van der Waals surface area contributed by atoms with Gasteiger partial charge in [-0.15, -0.1) is 0 Å². The van der Waals surface area contributed by atoms with Gasteiger partial charge in [-0.25, -0.2) is 9.37 Å². The monoisotopic (exact) mass is 259 g/mol. The van der Waals surface area contributed by atoms with Gasteiger partial charge in [0.05, 0.1) is 17.7 Å². The molecule has 1 aliphatic carbocycles. The van der Waals surface area contributed by atoms with Crippen LogP contribution in [-0.4, -0.2) is 15.6 Å². The van der Waals surface area contributed by atoms with E-state index in [4.69, 9.17) is 0 Å². The van der Waals surface area contributed by atoms with Gasteiger partial charge in [0.2, 0.25) is 0 Å². The van der Waals surface area contributed by atoms with Crippen LogP contribution in [0.2, 0.25) is 0 Å². The van der Waals surface area contributed by atoms with Gasteiger partial charge in [-0.3, -0.25) is 0 Å². The maximum Gasteiger partial charge on any atom is 0.129 e. The Kier molecular flexibility index (Phi) is 3.11. The topological polar surface area (TPSA) is 29.9 Å². The molecule has 2 aromatic rings. The van der Waals surface area contributed by atoms with Crippen LogP contribution >= 0.6 is 0 Å². The third kappa shape index (κ3) is 2.40. The fourth-order valence-electron chi connectivity index (χ4n) is 2.22. The van der Waals surface area contributed by atoms with Crippen LogP contribution < -0.4 is 5.32 Å². The molecule has 0 amide bonds. The largest absolute Gasteiger partial charge is 0.310 e. The molecule has 0 saturated heterocycles. The van der Waals surface area contributed by atoms with Gasteiger partial charge in [0.1, 0.15) is 5.82 Å². The molecule has 4 heteroatoms. The lowest BCUT2D eigenvalue weighted by Crippen LogP contribution is -2.18. The van der Waals surface area contributed by atoms with Crippen LogP contribution in [0.25, 0.3) is 5.69 Å². The lowest BCUT2D eigenvalue weighted by molar-refractivity contribution is 0.584. The molecule has 0 atom stereocenters. The number of nitrogens with zero attached hydrogens (tertiary/aromatic N) is 2. The first kappa shape index (κ1) is 12.4. The standard InChI is InChI=1S/C15H18FN3/c1-10-11(2)19(9-18-10)15-5-3-4-14(16)13(15)8-17-12-6-7-12/h3-5,9,12,17H,6-8H2,1-2H3. The van der Waals surface area contributed by atoms with E-state index in [9.17, 15) is 4.39 Å². The Morgan fingerprint density at radius 2 is 2.16 bits per heavy atom. The number of nitrogens with one attached hydrogen (secondary N) is 1. The Balaban J connectivity index is 1.99. The number of benzene rings is 1. The molecule has 1 heterocycles. The van der Waals surface area contributed by atoms with Crippen molar-refractivity contribution in [1.82, 2.24) is 14.9 Å². The van der Waals surface area contributed by atoms with Gasteiger partial charge in [-0.2, -0.15) is 0 Å². The zero-order chi connectivity index (χ0) is 13.4. The summed E-state index contributed by atoms with van der Waals surface area (Å²) in [6.07, 6.45) is 4.17. The summed E-state index contributed by atoms with van der Waals surface area (Å²) in [7, 11) is 0. The molecule has 1 aromatic carbocycles. The summed E-state index contributed by atoms with van der Waals surface area (Å²) in [6.45, 7) is 4.54. The van der Waals surface area contributed by atoms with Crippen LogP contribution in [0.4, 0.5) is 4.39 Å². The van der Waals surface area contributed by atoms with Crippen molar-refractivity contribution in [3.8, 4) is 5.69 Å². The van der Waals surface area contributed by atoms with E-state index in [1.165, 1.54) is 18.9 Å². The highest BCUT2D eigenvalue weighted by molar-refractivity contribution is 5.44. The van der Waals surface area contributed by atoms with Crippen molar-refractivity contribution >= 4 is 0 Å². The minimum absolute atomic E-state index is 0.156. The van der Waals surface area contributed by atoms with Crippen molar-refractivity contribution in [2.75, 3.05) is 0 Å². The maximum atomic E-state index is 14.1. The van der Waals surface area contributed by atoms with E-state index < -0.39 is 0 Å². The number of aromatic nitrogens is 2. The van der Waals surface area contributed by atoms with E-state index in [0.29, 0.717) is 12.6 Å². The molecule has 0 spiro atoms. The van der Waals surface area contributed by atoms with Crippen molar-refractivity contribution in [2.45, 2.75) is 39.3 Å². The molecule has 1 fully saturated rings. The van der Waals surface area contributed by atoms with E-state index in [1.807, 2.05) is 24.5 Å². The second-order valence-corrected chi connectivity index (χ2v) is 5.18. The molecule has 0 radical (unpaired) electrons. The lowest BCUT2D eigenvalue weighted by atomic mass is 10.1. The highest BCUT2D eigenvalue weighted by Gasteiger charge is 2.21. The smallest absolute Gasteiger partial charge is 0.129 e. The van der Waals surface area contributed by atoms with Crippen LogP contribution in [0.15, 0.2) is 24.5 Å². The normalized spacial score (nSPS) is 14.9. The van der Waals surface area contributed by atoms with Gasteiger partial charge in [0.25, 0.3) is 0 Å². The summed E-state index contributed by atoms with van der Waals surface area (Å²) in [5.74, 6) is -0.156. The van der Waals surface area contributed by atoms with E-state index in [-0.39, 0.29) is 5.82 Å². The van der Waals surface area contributed by atoms with Gasteiger partial charge in [-0.05, 0) is 38.8 Å². The molecule has 3 rings (SSSR count). The van der Waals surface area contributed by atoms with Crippen molar-refractivity contribution in [3.05, 3.63) is 47.3 Å². The molecule has 0 bridgehead atoms. The molecule has 0 unspecified atom stereocenters. The number of hydrogen-bond donors (Lipinski definition) is 1. The number of rotatable bonds is 4. The molecular weight excluding hydrogens is 241 g/mol. The summed E-state index contributed by atoms with van der Waals surface area (Å²) in [5, 5.41) is 3.38. The van der Waals surface area contributed by atoms with Crippen molar-refractivity contribution in [3.63, 3.8) is 0 Å². The van der Waals surface area contributed by atoms with Crippen molar-refractivity contribution in [2.24, 2.45) is 0 Å². The van der Waals surface area contributed by atoms with Gasteiger partial charge in [0, 0.05) is 23.8 Å². The first-order chi connectivity index (χ1) is 9.16. The molecule has 1 aliphatic rings.